The molecule has 0 unspecified atom stereocenters. The molecule has 2 N–H and O–H groups in total. The third kappa shape index (κ3) is 3.21. The van der Waals surface area contributed by atoms with Crippen molar-refractivity contribution in [1.82, 2.24) is 4.57 Å². The fourth-order valence-corrected chi connectivity index (χ4v) is 1.76. The Morgan fingerprint density at radius 2 is 1.90 bits per heavy atom. The molecule has 0 radical (unpaired) electrons. The minimum Gasteiger partial charge on any atom is -0.486 e. The number of hydrogen-bond donors (Lipinski definition) is 1. The lowest BCUT2D eigenvalue weighted by atomic mass is 10.2. The standard InChI is InChI=1S/C14H14F2N2O2/c15-11-7-10(9-17)8-12(16)14(11)20-6-5-18-4-2-1-3-13(18)19/h1-4,7-8H,5-6,9,17H2. The van der Waals surface area contributed by atoms with E-state index >= 15 is 0 Å². The maximum absolute atomic E-state index is 13.6. The maximum atomic E-state index is 13.6. The molecule has 0 saturated heterocycles. The van der Waals surface area contributed by atoms with E-state index in [1.807, 2.05) is 0 Å². The number of nitrogens with zero attached hydrogens (tertiary/aromatic N) is 1. The Morgan fingerprint density at radius 1 is 1.20 bits per heavy atom. The molecule has 6 heteroatoms. The number of rotatable bonds is 5. The smallest absolute Gasteiger partial charge is 0.250 e. The van der Waals surface area contributed by atoms with E-state index in [2.05, 4.69) is 0 Å². The fraction of sp³-hybridized carbons (Fsp3) is 0.214. The Bertz CT molecular complexity index is 633. The van der Waals surface area contributed by atoms with Gasteiger partial charge in [0.1, 0.15) is 6.61 Å². The van der Waals surface area contributed by atoms with Crippen LogP contribution in [0.3, 0.4) is 0 Å². The van der Waals surface area contributed by atoms with Crippen LogP contribution >= 0.6 is 0 Å². The molecule has 2 aromatic rings. The number of ether oxygens (including phenoxy) is 1. The average Bonchev–Trinajstić information content (AvgIpc) is 2.43. The van der Waals surface area contributed by atoms with Crippen molar-refractivity contribution in [3.8, 4) is 5.75 Å². The van der Waals surface area contributed by atoms with Crippen LogP contribution in [0.2, 0.25) is 0 Å². The summed E-state index contributed by atoms with van der Waals surface area (Å²) in [6, 6.07) is 6.97. The highest BCUT2D eigenvalue weighted by Crippen LogP contribution is 2.23. The summed E-state index contributed by atoms with van der Waals surface area (Å²) >= 11 is 0. The molecule has 0 fully saturated rings. The van der Waals surface area contributed by atoms with Crippen molar-refractivity contribution < 1.29 is 13.5 Å². The normalized spacial score (nSPS) is 10.6. The highest BCUT2D eigenvalue weighted by molar-refractivity contribution is 5.31. The number of aromatic nitrogens is 1. The molecule has 4 nitrogen and oxygen atoms in total. The largest absolute Gasteiger partial charge is 0.486 e. The predicted molar refractivity (Wildman–Crippen MR) is 70.4 cm³/mol. The van der Waals surface area contributed by atoms with Gasteiger partial charge in [0.15, 0.2) is 17.4 Å². The second kappa shape index (κ2) is 6.29. The Labute approximate surface area is 114 Å². The number of nitrogens with two attached hydrogens (primary N) is 1. The molecule has 0 aliphatic rings. The van der Waals surface area contributed by atoms with Gasteiger partial charge in [0.2, 0.25) is 0 Å². The molecule has 1 aromatic carbocycles. The summed E-state index contributed by atoms with van der Waals surface area (Å²) < 4.78 is 33.7. The first-order valence-electron chi connectivity index (χ1n) is 6.08. The Balaban J connectivity index is 2.05. The van der Waals surface area contributed by atoms with Gasteiger partial charge in [-0.05, 0) is 23.8 Å². The van der Waals surface area contributed by atoms with E-state index in [-0.39, 0.29) is 25.3 Å². The molecule has 0 amide bonds. The molecule has 0 saturated carbocycles. The molecule has 1 heterocycles. The molecule has 2 rings (SSSR count). The van der Waals surface area contributed by atoms with Crippen LogP contribution in [-0.2, 0) is 13.1 Å². The highest BCUT2D eigenvalue weighted by Gasteiger charge is 2.12. The fourth-order valence-electron chi connectivity index (χ4n) is 1.76. The van der Waals surface area contributed by atoms with Crippen molar-refractivity contribution >= 4 is 0 Å². The first-order chi connectivity index (χ1) is 9.61. The molecule has 106 valence electrons. The Kier molecular flexibility index (Phi) is 4.47. The van der Waals surface area contributed by atoms with Crippen LogP contribution in [0, 0.1) is 11.6 Å². The van der Waals surface area contributed by atoms with Gasteiger partial charge in [0.05, 0.1) is 6.54 Å². The van der Waals surface area contributed by atoms with Crippen molar-refractivity contribution in [2.45, 2.75) is 13.1 Å². The molecular weight excluding hydrogens is 266 g/mol. The van der Waals surface area contributed by atoms with Gasteiger partial charge in [-0.3, -0.25) is 4.79 Å². The third-order valence-electron chi connectivity index (χ3n) is 2.77. The minimum absolute atomic E-state index is 0.0142. The van der Waals surface area contributed by atoms with Gasteiger partial charge in [0, 0.05) is 18.8 Å². The lowest BCUT2D eigenvalue weighted by molar-refractivity contribution is 0.268. The van der Waals surface area contributed by atoms with Crippen LogP contribution in [0.25, 0.3) is 0 Å². The van der Waals surface area contributed by atoms with E-state index in [9.17, 15) is 13.6 Å². The molecule has 0 aliphatic carbocycles. The molecule has 0 spiro atoms. The summed E-state index contributed by atoms with van der Waals surface area (Å²) in [6.07, 6.45) is 1.58. The Morgan fingerprint density at radius 3 is 2.50 bits per heavy atom. The number of pyridine rings is 1. The van der Waals surface area contributed by atoms with Gasteiger partial charge >= 0.3 is 0 Å². The van der Waals surface area contributed by atoms with E-state index in [4.69, 9.17) is 10.5 Å². The van der Waals surface area contributed by atoms with Crippen LogP contribution in [0.4, 0.5) is 8.78 Å². The zero-order valence-electron chi connectivity index (χ0n) is 10.7. The molecule has 20 heavy (non-hydrogen) atoms. The first kappa shape index (κ1) is 14.2. The average molecular weight is 280 g/mol. The van der Waals surface area contributed by atoms with Crippen molar-refractivity contribution in [2.75, 3.05) is 6.61 Å². The number of hydrogen-bond acceptors (Lipinski definition) is 3. The summed E-state index contributed by atoms with van der Waals surface area (Å²) in [5.41, 5.74) is 5.47. The van der Waals surface area contributed by atoms with Crippen molar-refractivity contribution in [3.05, 3.63) is 64.1 Å². The second-order valence-corrected chi connectivity index (χ2v) is 4.17. The van der Waals surface area contributed by atoms with Crippen molar-refractivity contribution in [1.29, 1.82) is 0 Å². The highest BCUT2D eigenvalue weighted by atomic mass is 19.1. The third-order valence-corrected chi connectivity index (χ3v) is 2.77. The molecular formula is C14H14F2N2O2. The summed E-state index contributed by atoms with van der Waals surface area (Å²) in [6.45, 7) is 0.241. The van der Waals surface area contributed by atoms with E-state index in [0.29, 0.717) is 5.56 Å². The van der Waals surface area contributed by atoms with E-state index in [0.717, 1.165) is 12.1 Å². The van der Waals surface area contributed by atoms with Gasteiger partial charge in [-0.25, -0.2) is 8.78 Å². The summed E-state index contributed by atoms with van der Waals surface area (Å²) in [5, 5.41) is 0. The number of halogens is 2. The van der Waals surface area contributed by atoms with Gasteiger partial charge in [-0.2, -0.15) is 0 Å². The topological polar surface area (TPSA) is 57.2 Å². The van der Waals surface area contributed by atoms with Crippen LogP contribution in [0.15, 0.2) is 41.3 Å². The molecule has 0 atom stereocenters. The summed E-state index contributed by atoms with van der Waals surface area (Å²) in [7, 11) is 0. The quantitative estimate of drug-likeness (QED) is 0.906. The van der Waals surface area contributed by atoms with Crippen molar-refractivity contribution in [2.24, 2.45) is 5.73 Å². The van der Waals surface area contributed by atoms with Crippen LogP contribution in [0.1, 0.15) is 5.56 Å². The summed E-state index contributed by atoms with van der Waals surface area (Å²) in [5.74, 6) is -2.05. The lowest BCUT2D eigenvalue weighted by Gasteiger charge is -2.10. The SMILES string of the molecule is NCc1cc(F)c(OCCn2ccccc2=O)c(F)c1. The monoisotopic (exact) mass is 280 g/mol. The second-order valence-electron chi connectivity index (χ2n) is 4.17. The van der Waals surface area contributed by atoms with Crippen LogP contribution in [-0.4, -0.2) is 11.2 Å². The van der Waals surface area contributed by atoms with E-state index in [1.54, 1.807) is 18.3 Å². The van der Waals surface area contributed by atoms with Gasteiger partial charge in [0.25, 0.3) is 5.56 Å². The molecule has 0 aliphatic heterocycles. The Hall–Kier alpha value is -2.21. The maximum Gasteiger partial charge on any atom is 0.250 e. The molecule has 1 aromatic heterocycles. The lowest BCUT2D eigenvalue weighted by Crippen LogP contribution is -2.21. The van der Waals surface area contributed by atoms with Gasteiger partial charge < -0.3 is 15.0 Å². The zero-order valence-corrected chi connectivity index (χ0v) is 10.7. The first-order valence-corrected chi connectivity index (χ1v) is 6.08. The summed E-state index contributed by atoms with van der Waals surface area (Å²) in [4.78, 5) is 11.4. The number of benzene rings is 1. The van der Waals surface area contributed by atoms with Crippen LogP contribution < -0.4 is 16.0 Å². The van der Waals surface area contributed by atoms with Gasteiger partial charge in [-0.15, -0.1) is 0 Å². The zero-order chi connectivity index (χ0) is 14.5. The minimum atomic E-state index is -0.800. The van der Waals surface area contributed by atoms with E-state index in [1.165, 1.54) is 10.6 Å². The predicted octanol–water partition coefficient (Wildman–Crippen LogP) is 1.66. The van der Waals surface area contributed by atoms with Crippen molar-refractivity contribution in [3.63, 3.8) is 0 Å². The van der Waals surface area contributed by atoms with E-state index < -0.39 is 17.4 Å². The molecule has 0 bridgehead atoms. The van der Waals surface area contributed by atoms with Crippen LogP contribution in [0.5, 0.6) is 5.75 Å². The van der Waals surface area contributed by atoms with Gasteiger partial charge in [-0.1, -0.05) is 6.07 Å².